The second-order valence-corrected chi connectivity index (χ2v) is 4.95. The van der Waals surface area contributed by atoms with Crippen molar-refractivity contribution in [3.63, 3.8) is 0 Å². The molecule has 0 N–H and O–H groups in total. The molecule has 114 valence electrons. The first kappa shape index (κ1) is 18.9. The smallest absolute Gasteiger partial charge is 0.181 e. The van der Waals surface area contributed by atoms with E-state index >= 15 is 0 Å². The van der Waals surface area contributed by atoms with Crippen molar-refractivity contribution < 1.29 is 9.47 Å². The third kappa shape index (κ3) is 13.3. The Morgan fingerprint density at radius 3 is 2.15 bits per heavy atom. The van der Waals surface area contributed by atoms with Crippen molar-refractivity contribution in [2.24, 2.45) is 5.92 Å². The molecule has 0 aromatic heterocycles. The maximum atomic E-state index is 5.08. The number of benzene rings is 1. The van der Waals surface area contributed by atoms with E-state index < -0.39 is 0 Å². The maximum absolute atomic E-state index is 5.08. The molecule has 0 amide bonds. The standard InChI is InChI=1S/C8H10.C5H10O2.C5H10/c1-2-8-6-4-3-5-7-8;1-2-3-6-5-4-7-5;1-4-5(2)3/h3-7H,2H2,1H3;5H,2-4H2,1H3;4-5H,1H2,2-3H3. The van der Waals surface area contributed by atoms with Crippen LogP contribution >= 0.6 is 0 Å². The van der Waals surface area contributed by atoms with Gasteiger partial charge in [0.2, 0.25) is 0 Å². The molecule has 2 nitrogen and oxygen atoms in total. The number of epoxide rings is 1. The molecule has 0 spiro atoms. The molecule has 2 rings (SSSR count). The highest BCUT2D eigenvalue weighted by Gasteiger charge is 2.21. The lowest BCUT2D eigenvalue weighted by atomic mass is 10.2. The van der Waals surface area contributed by atoms with E-state index in [1.807, 2.05) is 12.1 Å². The van der Waals surface area contributed by atoms with E-state index in [9.17, 15) is 0 Å². The minimum absolute atomic E-state index is 0.153. The van der Waals surface area contributed by atoms with Crippen LogP contribution in [0.25, 0.3) is 0 Å². The van der Waals surface area contributed by atoms with Gasteiger partial charge < -0.3 is 9.47 Å². The average Bonchev–Trinajstić information content (AvgIpc) is 3.31. The summed E-state index contributed by atoms with van der Waals surface area (Å²) >= 11 is 0. The number of hydrogen-bond donors (Lipinski definition) is 0. The molecule has 1 aliphatic heterocycles. The Bertz CT molecular complexity index is 315. The summed E-state index contributed by atoms with van der Waals surface area (Å²) in [6.45, 7) is 13.7. The van der Waals surface area contributed by atoms with Gasteiger partial charge in [-0.2, -0.15) is 0 Å². The highest BCUT2D eigenvalue weighted by atomic mass is 16.8. The summed E-state index contributed by atoms with van der Waals surface area (Å²) in [6, 6.07) is 10.5. The van der Waals surface area contributed by atoms with Crippen molar-refractivity contribution in [1.82, 2.24) is 0 Å². The molecule has 0 bridgehead atoms. The first-order chi connectivity index (χ1) is 9.63. The Balaban J connectivity index is 0.000000280. The summed E-state index contributed by atoms with van der Waals surface area (Å²) in [5, 5.41) is 0. The summed E-state index contributed by atoms with van der Waals surface area (Å²) in [5.74, 6) is 0.648. The van der Waals surface area contributed by atoms with Gasteiger partial charge in [-0.3, -0.25) is 0 Å². The molecule has 1 atom stereocenters. The predicted molar refractivity (Wildman–Crippen MR) is 86.8 cm³/mol. The lowest BCUT2D eigenvalue weighted by molar-refractivity contribution is 0.0508. The molecule has 0 saturated carbocycles. The largest absolute Gasteiger partial charge is 0.350 e. The normalized spacial score (nSPS) is 15.6. The molecule has 1 aliphatic rings. The summed E-state index contributed by atoms with van der Waals surface area (Å²) < 4.78 is 9.87. The summed E-state index contributed by atoms with van der Waals surface area (Å²) in [4.78, 5) is 0. The van der Waals surface area contributed by atoms with E-state index in [1.54, 1.807) is 0 Å². The van der Waals surface area contributed by atoms with Crippen molar-refractivity contribution in [2.45, 2.75) is 46.8 Å². The Morgan fingerprint density at radius 2 is 1.85 bits per heavy atom. The zero-order valence-corrected chi connectivity index (χ0v) is 13.5. The molecule has 20 heavy (non-hydrogen) atoms. The van der Waals surface area contributed by atoms with Crippen LogP contribution in [0.3, 0.4) is 0 Å². The molecular weight excluding hydrogens is 248 g/mol. The topological polar surface area (TPSA) is 21.8 Å². The van der Waals surface area contributed by atoms with Crippen molar-refractivity contribution in [3.05, 3.63) is 48.6 Å². The number of aryl methyl sites for hydroxylation is 1. The molecule has 0 radical (unpaired) electrons. The highest BCUT2D eigenvalue weighted by Crippen LogP contribution is 2.09. The lowest BCUT2D eigenvalue weighted by Crippen LogP contribution is -1.94. The minimum Gasteiger partial charge on any atom is -0.350 e. The van der Waals surface area contributed by atoms with Crippen LogP contribution in [0.5, 0.6) is 0 Å². The Labute approximate surface area is 124 Å². The highest BCUT2D eigenvalue weighted by molar-refractivity contribution is 5.13. The van der Waals surface area contributed by atoms with Crippen LogP contribution in [0.2, 0.25) is 0 Å². The van der Waals surface area contributed by atoms with E-state index in [4.69, 9.17) is 9.47 Å². The van der Waals surface area contributed by atoms with Gasteiger partial charge in [0.15, 0.2) is 6.29 Å². The first-order valence-electron chi connectivity index (χ1n) is 7.53. The fourth-order valence-corrected chi connectivity index (χ4v) is 1.10. The van der Waals surface area contributed by atoms with E-state index in [1.165, 1.54) is 5.56 Å². The van der Waals surface area contributed by atoms with Crippen LogP contribution in [0, 0.1) is 5.92 Å². The molecule has 1 aromatic carbocycles. The van der Waals surface area contributed by atoms with Crippen LogP contribution < -0.4 is 0 Å². The molecule has 1 fully saturated rings. The van der Waals surface area contributed by atoms with Crippen LogP contribution in [-0.4, -0.2) is 19.5 Å². The lowest BCUT2D eigenvalue weighted by Gasteiger charge is -1.91. The van der Waals surface area contributed by atoms with Gasteiger partial charge in [-0.25, -0.2) is 0 Å². The number of allylic oxidation sites excluding steroid dienone is 1. The summed E-state index contributed by atoms with van der Waals surface area (Å²) in [5.41, 5.74) is 1.41. The van der Waals surface area contributed by atoms with Crippen molar-refractivity contribution in [1.29, 1.82) is 0 Å². The molecule has 2 heteroatoms. The predicted octanol–water partition coefficient (Wildman–Crippen LogP) is 4.85. The molecule has 1 saturated heterocycles. The van der Waals surface area contributed by atoms with E-state index in [-0.39, 0.29) is 6.29 Å². The molecule has 1 heterocycles. The number of hydrogen-bond acceptors (Lipinski definition) is 2. The van der Waals surface area contributed by atoms with Gasteiger partial charge in [0.25, 0.3) is 0 Å². The Kier molecular flexibility index (Phi) is 12.2. The van der Waals surface area contributed by atoms with Gasteiger partial charge in [0.1, 0.15) is 6.61 Å². The van der Waals surface area contributed by atoms with E-state index in [2.05, 4.69) is 58.5 Å². The second kappa shape index (κ2) is 12.9. The summed E-state index contributed by atoms with van der Waals surface area (Å²) in [7, 11) is 0. The number of rotatable bonds is 5. The van der Waals surface area contributed by atoms with Crippen LogP contribution in [0.4, 0.5) is 0 Å². The SMILES string of the molecule is C=CC(C)C.CCCOC1CO1.CCc1ccccc1. The summed E-state index contributed by atoms with van der Waals surface area (Å²) in [6.07, 6.45) is 4.29. The zero-order valence-electron chi connectivity index (χ0n) is 13.5. The van der Waals surface area contributed by atoms with E-state index in [0.717, 1.165) is 26.1 Å². The van der Waals surface area contributed by atoms with Gasteiger partial charge in [0, 0.05) is 6.61 Å². The van der Waals surface area contributed by atoms with E-state index in [0.29, 0.717) is 5.92 Å². The van der Waals surface area contributed by atoms with Crippen LogP contribution in [-0.2, 0) is 15.9 Å². The monoisotopic (exact) mass is 278 g/mol. The molecule has 1 unspecified atom stereocenters. The van der Waals surface area contributed by atoms with Gasteiger partial charge in [0.05, 0.1) is 0 Å². The van der Waals surface area contributed by atoms with Crippen molar-refractivity contribution in [3.8, 4) is 0 Å². The molecule has 0 aliphatic carbocycles. The van der Waals surface area contributed by atoms with Crippen molar-refractivity contribution >= 4 is 0 Å². The van der Waals surface area contributed by atoms with Crippen LogP contribution in [0.1, 0.15) is 39.7 Å². The van der Waals surface area contributed by atoms with Gasteiger partial charge in [-0.15, -0.1) is 6.58 Å². The zero-order chi connectivity index (χ0) is 15.2. The third-order valence-electron chi connectivity index (χ3n) is 2.53. The van der Waals surface area contributed by atoms with Gasteiger partial charge in [-0.1, -0.05) is 64.1 Å². The molecular formula is C18H30O2. The average molecular weight is 278 g/mol. The second-order valence-electron chi connectivity index (χ2n) is 4.95. The van der Waals surface area contributed by atoms with Crippen molar-refractivity contribution in [2.75, 3.05) is 13.2 Å². The Hall–Kier alpha value is -1.12. The fraction of sp³-hybridized carbons (Fsp3) is 0.556. The fourth-order valence-electron chi connectivity index (χ4n) is 1.10. The minimum atomic E-state index is 0.153. The van der Waals surface area contributed by atoms with Gasteiger partial charge >= 0.3 is 0 Å². The molecule has 1 aromatic rings. The first-order valence-corrected chi connectivity index (χ1v) is 7.53. The number of ether oxygens (including phenoxy) is 2. The van der Waals surface area contributed by atoms with Gasteiger partial charge in [-0.05, 0) is 24.3 Å². The third-order valence-corrected chi connectivity index (χ3v) is 2.53. The maximum Gasteiger partial charge on any atom is 0.181 e. The Morgan fingerprint density at radius 1 is 1.30 bits per heavy atom. The quantitative estimate of drug-likeness (QED) is 0.567. The van der Waals surface area contributed by atoms with Crippen LogP contribution in [0.15, 0.2) is 43.0 Å².